The molecule has 3 rings (SSSR count). The summed E-state index contributed by atoms with van der Waals surface area (Å²) in [4.78, 5) is 5.74. The van der Waals surface area contributed by atoms with Crippen LogP contribution in [0.15, 0.2) is 40.1 Å². The summed E-state index contributed by atoms with van der Waals surface area (Å²) in [6.45, 7) is 2.94. The summed E-state index contributed by atoms with van der Waals surface area (Å²) in [6.07, 6.45) is 1.06. The van der Waals surface area contributed by atoms with Gasteiger partial charge in [-0.1, -0.05) is 19.1 Å². The van der Waals surface area contributed by atoms with Crippen LogP contribution in [0, 0.1) is 0 Å². The molecule has 0 saturated heterocycles. The van der Waals surface area contributed by atoms with E-state index in [9.17, 15) is 0 Å². The largest absolute Gasteiger partial charge is 0.424 e. The zero-order valence-corrected chi connectivity index (χ0v) is 11.0. The molecule has 0 spiro atoms. The summed E-state index contributed by atoms with van der Waals surface area (Å²) in [5.41, 5.74) is 3.10. The lowest BCUT2D eigenvalue weighted by Crippen LogP contribution is -1.99. The van der Waals surface area contributed by atoms with Gasteiger partial charge in [0.05, 0.1) is 6.54 Å². The molecule has 0 unspecified atom stereocenters. The third-order valence-electron chi connectivity index (χ3n) is 2.91. The van der Waals surface area contributed by atoms with Gasteiger partial charge < -0.3 is 9.73 Å². The van der Waals surface area contributed by atoms with Gasteiger partial charge in [0.2, 0.25) is 0 Å². The number of benzene rings is 1. The van der Waals surface area contributed by atoms with Crippen LogP contribution < -0.4 is 5.32 Å². The normalized spacial score (nSPS) is 10.9. The summed E-state index contributed by atoms with van der Waals surface area (Å²) < 4.78 is 5.62. The molecule has 0 radical (unpaired) electrons. The highest BCUT2D eigenvalue weighted by molar-refractivity contribution is 7.10. The quantitative estimate of drug-likeness (QED) is 0.766. The fraction of sp³-hybridized carbons (Fsp3) is 0.214. The van der Waals surface area contributed by atoms with Gasteiger partial charge in [-0.15, -0.1) is 11.3 Å². The van der Waals surface area contributed by atoms with Crippen molar-refractivity contribution >= 4 is 28.5 Å². The van der Waals surface area contributed by atoms with Gasteiger partial charge in [-0.3, -0.25) is 0 Å². The highest BCUT2D eigenvalue weighted by atomic mass is 32.1. The van der Waals surface area contributed by atoms with Gasteiger partial charge in [-0.25, -0.2) is 0 Å². The van der Waals surface area contributed by atoms with E-state index in [0.29, 0.717) is 6.01 Å². The van der Waals surface area contributed by atoms with Gasteiger partial charge in [0.15, 0.2) is 5.58 Å². The van der Waals surface area contributed by atoms with Crippen LogP contribution in [0.5, 0.6) is 0 Å². The average molecular weight is 258 g/mol. The molecule has 3 nitrogen and oxygen atoms in total. The third kappa shape index (κ3) is 2.11. The first-order chi connectivity index (χ1) is 8.86. The zero-order valence-electron chi connectivity index (χ0n) is 10.1. The number of nitrogens with zero attached hydrogens (tertiary/aromatic N) is 1. The van der Waals surface area contributed by atoms with Crippen molar-refractivity contribution in [2.75, 3.05) is 5.32 Å². The Hall–Kier alpha value is -1.81. The molecule has 2 heterocycles. The van der Waals surface area contributed by atoms with Crippen LogP contribution >= 0.6 is 11.3 Å². The molecule has 4 heteroatoms. The van der Waals surface area contributed by atoms with Crippen LogP contribution in [-0.4, -0.2) is 4.98 Å². The first-order valence-corrected chi connectivity index (χ1v) is 6.89. The Labute approximate surface area is 109 Å². The number of thiophene rings is 1. The van der Waals surface area contributed by atoms with Crippen molar-refractivity contribution in [3.63, 3.8) is 0 Å². The van der Waals surface area contributed by atoms with Gasteiger partial charge in [-0.2, -0.15) is 4.98 Å². The van der Waals surface area contributed by atoms with Crippen LogP contribution in [0.3, 0.4) is 0 Å². The molecule has 18 heavy (non-hydrogen) atoms. The van der Waals surface area contributed by atoms with E-state index >= 15 is 0 Å². The number of hydrogen-bond donors (Lipinski definition) is 1. The van der Waals surface area contributed by atoms with Crippen LogP contribution in [0.2, 0.25) is 0 Å². The highest BCUT2D eigenvalue weighted by Gasteiger charge is 2.06. The maximum atomic E-state index is 5.62. The van der Waals surface area contributed by atoms with Crippen molar-refractivity contribution in [3.8, 4) is 0 Å². The number of nitrogens with one attached hydrogen (secondary N) is 1. The van der Waals surface area contributed by atoms with Crippen molar-refractivity contribution < 1.29 is 4.42 Å². The maximum Gasteiger partial charge on any atom is 0.295 e. The lowest BCUT2D eigenvalue weighted by molar-refractivity contribution is 0.614. The molecule has 0 atom stereocenters. The van der Waals surface area contributed by atoms with Crippen LogP contribution in [0.25, 0.3) is 11.1 Å². The predicted octanol–water partition coefficient (Wildman–Crippen LogP) is 4.06. The number of aromatic nitrogens is 1. The third-order valence-corrected chi connectivity index (χ3v) is 3.88. The fourth-order valence-electron chi connectivity index (χ4n) is 1.94. The molecule has 1 N–H and O–H groups in total. The van der Waals surface area contributed by atoms with E-state index in [1.54, 1.807) is 11.3 Å². The minimum Gasteiger partial charge on any atom is -0.424 e. The van der Waals surface area contributed by atoms with E-state index in [1.807, 2.05) is 24.3 Å². The number of para-hydroxylation sites is 2. The lowest BCUT2D eigenvalue weighted by Gasteiger charge is -2.01. The van der Waals surface area contributed by atoms with E-state index in [1.165, 1.54) is 10.4 Å². The number of hydrogen-bond acceptors (Lipinski definition) is 4. The first kappa shape index (κ1) is 11.3. The predicted molar refractivity (Wildman–Crippen MR) is 75.0 cm³/mol. The van der Waals surface area contributed by atoms with Gasteiger partial charge in [0, 0.05) is 4.88 Å². The number of aryl methyl sites for hydroxylation is 1. The second-order valence-electron chi connectivity index (χ2n) is 4.06. The van der Waals surface area contributed by atoms with Gasteiger partial charge in [0.25, 0.3) is 6.01 Å². The summed E-state index contributed by atoms with van der Waals surface area (Å²) in [5.74, 6) is 0. The zero-order chi connectivity index (χ0) is 12.4. The van der Waals surface area contributed by atoms with Crippen molar-refractivity contribution in [2.45, 2.75) is 19.9 Å². The number of oxazole rings is 1. The Morgan fingerprint density at radius 3 is 3.00 bits per heavy atom. The molecule has 0 amide bonds. The lowest BCUT2D eigenvalue weighted by atomic mass is 10.2. The summed E-state index contributed by atoms with van der Waals surface area (Å²) in [6, 6.07) is 10.6. The minimum atomic E-state index is 0.589. The summed E-state index contributed by atoms with van der Waals surface area (Å²) in [5, 5.41) is 5.37. The van der Waals surface area contributed by atoms with Crippen molar-refractivity contribution in [2.24, 2.45) is 0 Å². The van der Waals surface area contributed by atoms with Crippen LogP contribution in [0.1, 0.15) is 17.4 Å². The summed E-state index contributed by atoms with van der Waals surface area (Å²) >= 11 is 1.77. The molecular formula is C14H14N2OS. The molecular weight excluding hydrogens is 244 g/mol. The monoisotopic (exact) mass is 258 g/mol. The SMILES string of the molecule is CCc1ccsc1CNc1nc2ccccc2o1. The average Bonchev–Trinajstić information content (AvgIpc) is 3.01. The van der Waals surface area contributed by atoms with E-state index in [-0.39, 0.29) is 0 Å². The Morgan fingerprint density at radius 1 is 1.28 bits per heavy atom. The van der Waals surface area contributed by atoms with Crippen LogP contribution in [0.4, 0.5) is 6.01 Å². The van der Waals surface area contributed by atoms with Crippen LogP contribution in [-0.2, 0) is 13.0 Å². The van der Waals surface area contributed by atoms with E-state index in [0.717, 1.165) is 24.1 Å². The molecule has 0 bridgehead atoms. The Kier molecular flexibility index (Phi) is 3.02. The maximum absolute atomic E-state index is 5.62. The van der Waals surface area contributed by atoms with Gasteiger partial charge in [-0.05, 0) is 35.6 Å². The molecule has 2 aromatic heterocycles. The minimum absolute atomic E-state index is 0.589. The molecule has 0 aliphatic rings. The molecule has 0 aliphatic carbocycles. The summed E-state index contributed by atoms with van der Waals surface area (Å²) in [7, 11) is 0. The molecule has 92 valence electrons. The fourth-order valence-corrected chi connectivity index (χ4v) is 2.86. The second kappa shape index (κ2) is 4.82. The first-order valence-electron chi connectivity index (χ1n) is 6.01. The number of anilines is 1. The number of rotatable bonds is 4. The Bertz CT molecular complexity index is 623. The molecule has 0 saturated carbocycles. The standard InChI is InChI=1S/C14H14N2OS/c1-2-10-7-8-18-13(10)9-15-14-16-11-5-3-4-6-12(11)17-14/h3-8H,2,9H2,1H3,(H,15,16). The van der Waals surface area contributed by atoms with Crippen molar-refractivity contribution in [3.05, 3.63) is 46.2 Å². The van der Waals surface area contributed by atoms with Gasteiger partial charge in [0.1, 0.15) is 5.52 Å². The highest BCUT2D eigenvalue weighted by Crippen LogP contribution is 2.21. The number of fused-ring (bicyclic) bond motifs is 1. The van der Waals surface area contributed by atoms with E-state index < -0.39 is 0 Å². The van der Waals surface area contributed by atoms with E-state index in [4.69, 9.17) is 4.42 Å². The van der Waals surface area contributed by atoms with Crippen molar-refractivity contribution in [1.82, 2.24) is 4.98 Å². The Morgan fingerprint density at radius 2 is 2.17 bits per heavy atom. The second-order valence-corrected chi connectivity index (χ2v) is 5.06. The molecule has 0 aliphatic heterocycles. The molecule has 3 aromatic rings. The van der Waals surface area contributed by atoms with Crippen molar-refractivity contribution in [1.29, 1.82) is 0 Å². The smallest absolute Gasteiger partial charge is 0.295 e. The molecule has 1 aromatic carbocycles. The van der Waals surface area contributed by atoms with Gasteiger partial charge >= 0.3 is 0 Å². The van der Waals surface area contributed by atoms with E-state index in [2.05, 4.69) is 28.7 Å². The molecule has 0 fully saturated rings. The Balaban J connectivity index is 1.77. The topological polar surface area (TPSA) is 38.1 Å².